The van der Waals surface area contributed by atoms with Crippen LogP contribution < -0.4 is 10.1 Å². The molecule has 0 aliphatic carbocycles. The van der Waals surface area contributed by atoms with E-state index in [0.29, 0.717) is 23.2 Å². The molecule has 1 amide bonds. The van der Waals surface area contributed by atoms with Crippen molar-refractivity contribution in [2.45, 2.75) is 31.6 Å². The maximum absolute atomic E-state index is 12.2. The topological polar surface area (TPSA) is 104 Å². The standard InChI is InChI=1S/C22H23N3O5S/c1-14(2)15-8-10-16(11-9-15)29-12-20-24-25-22(30-20)31-13-19(26)23-18-7-5-4-6-17(18)21(27)28-3/h4-11,14H,12-13H2,1-3H3,(H,23,26). The number of amides is 1. The Kier molecular flexibility index (Phi) is 7.66. The number of hydrogen-bond donors (Lipinski definition) is 1. The lowest BCUT2D eigenvalue weighted by Crippen LogP contribution is -2.17. The van der Waals surface area contributed by atoms with Crippen LogP contribution in [0.3, 0.4) is 0 Å². The summed E-state index contributed by atoms with van der Waals surface area (Å²) in [6.07, 6.45) is 0. The van der Waals surface area contributed by atoms with E-state index >= 15 is 0 Å². The summed E-state index contributed by atoms with van der Waals surface area (Å²) in [6, 6.07) is 14.5. The van der Waals surface area contributed by atoms with Crippen LogP contribution in [0.15, 0.2) is 58.2 Å². The SMILES string of the molecule is COC(=O)c1ccccc1NC(=O)CSc1nnc(COc2ccc(C(C)C)cc2)o1. The minimum atomic E-state index is -0.524. The van der Waals surface area contributed by atoms with E-state index in [1.165, 1.54) is 12.7 Å². The highest BCUT2D eigenvalue weighted by molar-refractivity contribution is 7.99. The van der Waals surface area contributed by atoms with Gasteiger partial charge in [0.05, 0.1) is 24.1 Å². The van der Waals surface area contributed by atoms with Gasteiger partial charge in [0.15, 0.2) is 6.61 Å². The molecular weight excluding hydrogens is 418 g/mol. The fraction of sp³-hybridized carbons (Fsp3) is 0.273. The van der Waals surface area contributed by atoms with Gasteiger partial charge in [-0.25, -0.2) is 4.79 Å². The van der Waals surface area contributed by atoms with Crippen LogP contribution in [-0.2, 0) is 16.1 Å². The van der Waals surface area contributed by atoms with Gasteiger partial charge < -0.3 is 19.2 Å². The Morgan fingerprint density at radius 3 is 2.55 bits per heavy atom. The number of benzene rings is 2. The molecule has 0 atom stereocenters. The number of nitrogens with one attached hydrogen (secondary N) is 1. The van der Waals surface area contributed by atoms with Crippen LogP contribution >= 0.6 is 11.8 Å². The molecule has 1 aromatic heterocycles. The Morgan fingerprint density at radius 2 is 1.84 bits per heavy atom. The number of carbonyl (C=O) groups excluding carboxylic acids is 2. The highest BCUT2D eigenvalue weighted by Gasteiger charge is 2.15. The second-order valence-electron chi connectivity index (χ2n) is 6.85. The van der Waals surface area contributed by atoms with Crippen LogP contribution in [0.4, 0.5) is 5.69 Å². The van der Waals surface area contributed by atoms with E-state index in [9.17, 15) is 9.59 Å². The number of para-hydroxylation sites is 1. The fourth-order valence-electron chi connectivity index (χ4n) is 2.64. The van der Waals surface area contributed by atoms with E-state index in [4.69, 9.17) is 13.9 Å². The van der Waals surface area contributed by atoms with E-state index in [1.54, 1.807) is 24.3 Å². The monoisotopic (exact) mass is 441 g/mol. The van der Waals surface area contributed by atoms with Crippen molar-refractivity contribution in [3.05, 3.63) is 65.5 Å². The second-order valence-corrected chi connectivity index (χ2v) is 7.77. The van der Waals surface area contributed by atoms with Gasteiger partial charge >= 0.3 is 5.97 Å². The second kappa shape index (κ2) is 10.6. The van der Waals surface area contributed by atoms with Crippen LogP contribution in [0.25, 0.3) is 0 Å². The number of ether oxygens (including phenoxy) is 2. The van der Waals surface area contributed by atoms with E-state index in [2.05, 4.69) is 29.4 Å². The zero-order valence-electron chi connectivity index (χ0n) is 17.5. The van der Waals surface area contributed by atoms with Gasteiger partial charge in [0, 0.05) is 0 Å². The van der Waals surface area contributed by atoms with Crippen molar-refractivity contribution < 1.29 is 23.5 Å². The maximum atomic E-state index is 12.2. The molecule has 0 radical (unpaired) electrons. The summed E-state index contributed by atoms with van der Waals surface area (Å²) in [4.78, 5) is 24.0. The van der Waals surface area contributed by atoms with Gasteiger partial charge in [0.2, 0.25) is 5.91 Å². The van der Waals surface area contributed by atoms with Crippen molar-refractivity contribution in [3.63, 3.8) is 0 Å². The first-order valence-electron chi connectivity index (χ1n) is 9.61. The summed E-state index contributed by atoms with van der Waals surface area (Å²) in [7, 11) is 1.29. The number of aromatic nitrogens is 2. The number of rotatable bonds is 9. The van der Waals surface area contributed by atoms with Crippen molar-refractivity contribution >= 4 is 29.3 Å². The van der Waals surface area contributed by atoms with Gasteiger partial charge in [0.1, 0.15) is 5.75 Å². The van der Waals surface area contributed by atoms with E-state index in [1.807, 2.05) is 24.3 Å². The lowest BCUT2D eigenvalue weighted by Gasteiger charge is -2.08. The van der Waals surface area contributed by atoms with E-state index in [-0.39, 0.29) is 29.1 Å². The van der Waals surface area contributed by atoms with Crippen LogP contribution in [0.1, 0.15) is 41.6 Å². The number of methoxy groups -OCH3 is 1. The Hall–Kier alpha value is -3.33. The summed E-state index contributed by atoms with van der Waals surface area (Å²) in [6.45, 7) is 4.39. The quantitative estimate of drug-likeness (QED) is 0.387. The predicted octanol–water partition coefficient (Wildman–Crippen LogP) is 4.29. The minimum Gasteiger partial charge on any atom is -0.484 e. The van der Waals surface area contributed by atoms with Gasteiger partial charge in [-0.3, -0.25) is 4.79 Å². The molecular formula is C22H23N3O5S. The average molecular weight is 442 g/mol. The smallest absolute Gasteiger partial charge is 0.339 e. The summed E-state index contributed by atoms with van der Waals surface area (Å²) in [5.74, 6) is 0.670. The largest absolute Gasteiger partial charge is 0.484 e. The molecule has 162 valence electrons. The number of carbonyl (C=O) groups is 2. The predicted molar refractivity (Wildman–Crippen MR) is 116 cm³/mol. The van der Waals surface area contributed by atoms with Crippen molar-refractivity contribution in [2.75, 3.05) is 18.2 Å². The lowest BCUT2D eigenvalue weighted by atomic mass is 10.0. The molecule has 2 aromatic carbocycles. The molecule has 1 N–H and O–H groups in total. The first-order chi connectivity index (χ1) is 15.0. The van der Waals surface area contributed by atoms with Crippen molar-refractivity contribution in [1.29, 1.82) is 0 Å². The maximum Gasteiger partial charge on any atom is 0.339 e. The highest BCUT2D eigenvalue weighted by atomic mass is 32.2. The van der Waals surface area contributed by atoms with Gasteiger partial charge in [-0.1, -0.05) is 49.9 Å². The van der Waals surface area contributed by atoms with Gasteiger partial charge in [-0.2, -0.15) is 0 Å². The molecule has 0 aliphatic heterocycles. The van der Waals surface area contributed by atoms with Crippen molar-refractivity contribution in [3.8, 4) is 5.75 Å². The molecule has 0 saturated carbocycles. The van der Waals surface area contributed by atoms with Crippen LogP contribution in [-0.4, -0.2) is 34.9 Å². The number of hydrogen-bond acceptors (Lipinski definition) is 8. The third-order valence-electron chi connectivity index (χ3n) is 4.29. The molecule has 9 heteroatoms. The normalized spacial score (nSPS) is 10.7. The molecule has 0 aliphatic rings. The van der Waals surface area contributed by atoms with Gasteiger partial charge in [0.25, 0.3) is 11.1 Å². The minimum absolute atomic E-state index is 0.0364. The van der Waals surface area contributed by atoms with Gasteiger partial charge in [-0.15, -0.1) is 10.2 Å². The molecule has 31 heavy (non-hydrogen) atoms. The third kappa shape index (κ3) is 6.32. The Bertz CT molecular complexity index is 1030. The van der Waals surface area contributed by atoms with E-state index in [0.717, 1.165) is 11.8 Å². The molecule has 3 rings (SSSR count). The molecule has 1 heterocycles. The zero-order valence-corrected chi connectivity index (χ0v) is 18.3. The molecule has 3 aromatic rings. The molecule has 0 bridgehead atoms. The Labute approximate surface area is 184 Å². The lowest BCUT2D eigenvalue weighted by molar-refractivity contribution is -0.113. The van der Waals surface area contributed by atoms with Gasteiger partial charge in [-0.05, 0) is 35.7 Å². The van der Waals surface area contributed by atoms with Crippen LogP contribution in [0.5, 0.6) is 5.75 Å². The summed E-state index contributed by atoms with van der Waals surface area (Å²) in [5.41, 5.74) is 1.89. The molecule has 0 saturated heterocycles. The molecule has 8 nitrogen and oxygen atoms in total. The number of anilines is 1. The number of esters is 1. The molecule has 0 unspecified atom stereocenters. The van der Waals surface area contributed by atoms with Crippen LogP contribution in [0.2, 0.25) is 0 Å². The molecule has 0 spiro atoms. The first kappa shape index (κ1) is 22.4. The number of thioether (sulfide) groups is 1. The van der Waals surface area contributed by atoms with E-state index < -0.39 is 5.97 Å². The highest BCUT2D eigenvalue weighted by Crippen LogP contribution is 2.21. The summed E-state index contributed by atoms with van der Waals surface area (Å²) >= 11 is 1.09. The average Bonchev–Trinajstić information content (AvgIpc) is 3.24. The van der Waals surface area contributed by atoms with Crippen molar-refractivity contribution in [1.82, 2.24) is 10.2 Å². The van der Waals surface area contributed by atoms with Crippen molar-refractivity contribution in [2.24, 2.45) is 0 Å². The third-order valence-corrected chi connectivity index (χ3v) is 5.11. The fourth-order valence-corrected chi connectivity index (χ4v) is 3.22. The summed E-state index contributed by atoms with van der Waals surface area (Å²) < 4.78 is 15.9. The summed E-state index contributed by atoms with van der Waals surface area (Å²) in [5, 5.41) is 10.8. The number of nitrogens with zero attached hydrogens (tertiary/aromatic N) is 2. The van der Waals surface area contributed by atoms with Crippen LogP contribution in [0, 0.1) is 0 Å². The Morgan fingerprint density at radius 1 is 1.10 bits per heavy atom. The molecule has 0 fully saturated rings. The Balaban J connectivity index is 1.49. The zero-order chi connectivity index (χ0) is 22.2. The first-order valence-corrected chi connectivity index (χ1v) is 10.6.